The van der Waals surface area contributed by atoms with Crippen molar-refractivity contribution in [2.45, 2.75) is 37.4 Å². The van der Waals surface area contributed by atoms with Crippen LogP contribution in [0.3, 0.4) is 0 Å². The molecule has 3 saturated heterocycles. The molecule has 30 heavy (non-hydrogen) atoms. The van der Waals surface area contributed by atoms with Crippen molar-refractivity contribution in [1.29, 1.82) is 0 Å². The van der Waals surface area contributed by atoms with Gasteiger partial charge in [0.15, 0.2) is 0 Å². The second kappa shape index (κ2) is 8.58. The largest absolute Gasteiger partial charge is 0.506 e. The van der Waals surface area contributed by atoms with Crippen molar-refractivity contribution in [3.8, 4) is 5.75 Å². The zero-order chi connectivity index (χ0) is 20.3. The minimum absolute atomic E-state index is 0.269. The number of nitrogens with zero attached hydrogens (tertiary/aromatic N) is 2. The predicted octanol–water partition coefficient (Wildman–Crippen LogP) is 4.17. The van der Waals surface area contributed by atoms with Crippen LogP contribution in [0.4, 0.5) is 0 Å². The Bertz CT molecular complexity index is 915. The van der Waals surface area contributed by atoms with E-state index in [-0.39, 0.29) is 5.75 Å². The van der Waals surface area contributed by atoms with E-state index in [0.717, 1.165) is 5.69 Å². The number of hydrogen-bond donors (Lipinski definition) is 2. The van der Waals surface area contributed by atoms with Crippen LogP contribution in [0.15, 0.2) is 79.0 Å². The standard InChI is InChI=1S/C26H29N3O/c30-23-12-7-15-27-22(23)18-28-25-21-13-16-29(17-14-21)26(25)24(19-8-3-1-4-9-19)20-10-5-2-6-11-20/h1-12,15,21,24-26,28,30H,13-14,16-18H2/t25-,26+/m1/s1. The second-order valence-electron chi connectivity index (χ2n) is 8.54. The summed E-state index contributed by atoms with van der Waals surface area (Å²) in [4.78, 5) is 7.07. The van der Waals surface area contributed by atoms with Gasteiger partial charge in [-0.3, -0.25) is 9.88 Å². The molecule has 4 heteroatoms. The molecule has 3 aliphatic rings. The van der Waals surface area contributed by atoms with Gasteiger partial charge in [-0.05, 0) is 55.1 Å². The number of aromatic nitrogens is 1. The van der Waals surface area contributed by atoms with Gasteiger partial charge in [0.2, 0.25) is 0 Å². The maximum atomic E-state index is 10.2. The summed E-state index contributed by atoms with van der Waals surface area (Å²) < 4.78 is 0. The maximum Gasteiger partial charge on any atom is 0.138 e. The van der Waals surface area contributed by atoms with E-state index in [2.05, 4.69) is 75.9 Å². The number of fused-ring (bicyclic) bond motifs is 3. The van der Waals surface area contributed by atoms with Crippen LogP contribution in [0.5, 0.6) is 5.75 Å². The molecule has 0 amide bonds. The minimum Gasteiger partial charge on any atom is -0.506 e. The number of rotatable bonds is 6. The lowest BCUT2D eigenvalue weighted by Gasteiger charge is -2.54. The van der Waals surface area contributed by atoms with Gasteiger partial charge in [-0.1, -0.05) is 60.7 Å². The molecule has 0 aliphatic carbocycles. The van der Waals surface area contributed by atoms with Crippen molar-refractivity contribution in [1.82, 2.24) is 15.2 Å². The molecule has 2 N–H and O–H groups in total. The highest BCUT2D eigenvalue weighted by molar-refractivity contribution is 5.36. The zero-order valence-electron chi connectivity index (χ0n) is 17.2. The monoisotopic (exact) mass is 399 g/mol. The van der Waals surface area contributed by atoms with Crippen LogP contribution >= 0.6 is 0 Å². The molecule has 2 bridgehead atoms. The van der Waals surface area contributed by atoms with Gasteiger partial charge in [0.25, 0.3) is 0 Å². The zero-order valence-corrected chi connectivity index (χ0v) is 17.2. The van der Waals surface area contributed by atoms with Crippen LogP contribution in [-0.2, 0) is 6.54 Å². The summed E-state index contributed by atoms with van der Waals surface area (Å²) in [5.41, 5.74) is 3.46. The van der Waals surface area contributed by atoms with Gasteiger partial charge in [-0.2, -0.15) is 0 Å². The van der Waals surface area contributed by atoms with Crippen molar-refractivity contribution in [2.24, 2.45) is 5.92 Å². The van der Waals surface area contributed by atoms with Crippen molar-refractivity contribution in [3.05, 3.63) is 95.8 Å². The van der Waals surface area contributed by atoms with Gasteiger partial charge < -0.3 is 10.4 Å². The van der Waals surface area contributed by atoms with E-state index in [0.29, 0.717) is 30.5 Å². The maximum absolute atomic E-state index is 10.2. The van der Waals surface area contributed by atoms with Gasteiger partial charge in [0.05, 0.1) is 5.69 Å². The van der Waals surface area contributed by atoms with Gasteiger partial charge in [0.1, 0.15) is 5.75 Å². The number of hydrogen-bond acceptors (Lipinski definition) is 4. The van der Waals surface area contributed by atoms with E-state index in [1.165, 1.54) is 37.1 Å². The molecule has 0 unspecified atom stereocenters. The highest BCUT2D eigenvalue weighted by Crippen LogP contribution is 2.42. The molecule has 3 aliphatic heterocycles. The Labute approximate surface area is 178 Å². The highest BCUT2D eigenvalue weighted by Gasteiger charge is 2.46. The second-order valence-corrected chi connectivity index (χ2v) is 8.54. The smallest absolute Gasteiger partial charge is 0.138 e. The molecule has 154 valence electrons. The SMILES string of the molecule is Oc1cccnc1CN[C@@H]1C2CCN(CC2)[C@H]1C(c1ccccc1)c1ccccc1. The number of piperidine rings is 3. The molecule has 2 atom stereocenters. The van der Waals surface area contributed by atoms with Crippen molar-refractivity contribution < 1.29 is 5.11 Å². The van der Waals surface area contributed by atoms with Crippen molar-refractivity contribution in [2.75, 3.05) is 13.1 Å². The Morgan fingerprint density at radius 2 is 1.53 bits per heavy atom. The third-order valence-corrected chi connectivity index (χ3v) is 6.90. The van der Waals surface area contributed by atoms with Crippen molar-refractivity contribution in [3.63, 3.8) is 0 Å². The van der Waals surface area contributed by atoms with Gasteiger partial charge >= 0.3 is 0 Å². The lowest BCUT2D eigenvalue weighted by Crippen LogP contribution is -2.64. The lowest BCUT2D eigenvalue weighted by atomic mass is 9.70. The molecule has 1 aromatic heterocycles. The summed E-state index contributed by atoms with van der Waals surface area (Å²) in [5, 5.41) is 14.0. The first-order valence-electron chi connectivity index (χ1n) is 11.0. The summed E-state index contributed by atoms with van der Waals surface area (Å²) in [6, 6.07) is 26.1. The van der Waals surface area contributed by atoms with E-state index < -0.39 is 0 Å². The van der Waals surface area contributed by atoms with E-state index in [4.69, 9.17) is 0 Å². The fourth-order valence-corrected chi connectivity index (χ4v) is 5.48. The predicted molar refractivity (Wildman–Crippen MR) is 119 cm³/mol. The van der Waals surface area contributed by atoms with Crippen LogP contribution in [-0.4, -0.2) is 40.2 Å². The molecular formula is C26H29N3O. The summed E-state index contributed by atoms with van der Waals surface area (Å²) >= 11 is 0. The van der Waals surface area contributed by atoms with E-state index in [9.17, 15) is 5.11 Å². The Morgan fingerprint density at radius 3 is 2.13 bits per heavy atom. The summed E-state index contributed by atoms with van der Waals surface area (Å²) in [7, 11) is 0. The molecule has 2 aromatic carbocycles. The molecule has 0 saturated carbocycles. The lowest BCUT2D eigenvalue weighted by molar-refractivity contribution is 0.00450. The Hall–Kier alpha value is -2.69. The third kappa shape index (κ3) is 3.73. The average Bonchev–Trinajstić information content (AvgIpc) is 2.81. The molecule has 4 heterocycles. The van der Waals surface area contributed by atoms with Crippen LogP contribution in [0.1, 0.15) is 35.6 Å². The Balaban J connectivity index is 1.50. The first kappa shape index (κ1) is 19.3. The first-order chi connectivity index (χ1) is 14.8. The fourth-order valence-electron chi connectivity index (χ4n) is 5.48. The number of pyridine rings is 1. The minimum atomic E-state index is 0.269. The summed E-state index contributed by atoms with van der Waals surface area (Å²) in [6.07, 6.45) is 4.22. The fraction of sp³-hybridized carbons (Fsp3) is 0.346. The molecule has 3 aromatic rings. The quantitative estimate of drug-likeness (QED) is 0.653. The Morgan fingerprint density at radius 1 is 0.900 bits per heavy atom. The van der Waals surface area contributed by atoms with Gasteiger partial charge in [-0.25, -0.2) is 0 Å². The van der Waals surface area contributed by atoms with E-state index in [1.54, 1.807) is 18.3 Å². The van der Waals surface area contributed by atoms with Crippen LogP contribution in [0, 0.1) is 5.92 Å². The van der Waals surface area contributed by atoms with E-state index >= 15 is 0 Å². The summed E-state index contributed by atoms with van der Waals surface area (Å²) in [5.74, 6) is 1.23. The first-order valence-corrected chi connectivity index (χ1v) is 11.0. The average molecular weight is 400 g/mol. The van der Waals surface area contributed by atoms with Gasteiger partial charge in [0, 0.05) is 30.7 Å². The third-order valence-electron chi connectivity index (χ3n) is 6.90. The molecule has 0 spiro atoms. The molecule has 4 nitrogen and oxygen atoms in total. The molecular weight excluding hydrogens is 370 g/mol. The van der Waals surface area contributed by atoms with Crippen molar-refractivity contribution >= 4 is 0 Å². The molecule has 3 fully saturated rings. The molecule has 6 rings (SSSR count). The van der Waals surface area contributed by atoms with Gasteiger partial charge in [-0.15, -0.1) is 0 Å². The van der Waals surface area contributed by atoms with Crippen LogP contribution in [0.25, 0.3) is 0 Å². The number of benzene rings is 2. The normalized spacial score (nSPS) is 25.5. The van der Waals surface area contributed by atoms with Crippen LogP contribution < -0.4 is 5.32 Å². The topological polar surface area (TPSA) is 48.4 Å². The Kier molecular flexibility index (Phi) is 5.52. The van der Waals surface area contributed by atoms with E-state index in [1.807, 2.05) is 0 Å². The van der Waals surface area contributed by atoms with Crippen LogP contribution in [0.2, 0.25) is 0 Å². The summed E-state index contributed by atoms with van der Waals surface area (Å²) in [6.45, 7) is 2.92. The number of nitrogens with one attached hydrogen (secondary N) is 1. The highest BCUT2D eigenvalue weighted by atomic mass is 16.3. The molecule has 0 radical (unpaired) electrons. The number of aromatic hydroxyl groups is 1.